The number of H-pyrrole nitrogens is 1. The first-order chi connectivity index (χ1) is 11.0. The van der Waals surface area contributed by atoms with E-state index in [2.05, 4.69) is 15.0 Å². The molecule has 0 spiro atoms. The lowest BCUT2D eigenvalue weighted by Gasteiger charge is -2.01. The minimum absolute atomic E-state index is 0.131. The summed E-state index contributed by atoms with van der Waals surface area (Å²) in [6.07, 6.45) is 1.69. The molecule has 114 valence electrons. The standard InChI is InChI=1S/C16H11N3O3S/c20-23(21,22)11-5-6-12-10(9-11)4-7-13-15(12)19-16(18-13)14-3-1-2-8-17-14/h1-9H,(H,18,19)(H,20,21,22). The van der Waals surface area contributed by atoms with Crippen LogP contribution in [0.3, 0.4) is 0 Å². The minimum atomic E-state index is -4.22. The average molecular weight is 325 g/mol. The van der Waals surface area contributed by atoms with Crippen molar-refractivity contribution in [3.05, 3.63) is 54.7 Å². The van der Waals surface area contributed by atoms with E-state index in [1.165, 1.54) is 12.1 Å². The molecule has 4 rings (SSSR count). The summed E-state index contributed by atoms with van der Waals surface area (Å²) in [6.45, 7) is 0. The number of fused-ring (bicyclic) bond motifs is 3. The van der Waals surface area contributed by atoms with E-state index in [1.807, 2.05) is 18.2 Å². The molecule has 23 heavy (non-hydrogen) atoms. The average Bonchev–Trinajstić information content (AvgIpc) is 2.99. The highest BCUT2D eigenvalue weighted by Gasteiger charge is 2.13. The first kappa shape index (κ1) is 13.9. The molecule has 0 atom stereocenters. The quantitative estimate of drug-likeness (QED) is 0.552. The molecule has 0 saturated carbocycles. The summed E-state index contributed by atoms with van der Waals surface area (Å²) in [4.78, 5) is 11.9. The first-order valence-electron chi connectivity index (χ1n) is 6.84. The normalized spacial score (nSPS) is 12.0. The van der Waals surface area contributed by atoms with Gasteiger partial charge in [0.05, 0.1) is 15.9 Å². The molecule has 0 aliphatic rings. The number of rotatable bonds is 2. The lowest BCUT2D eigenvalue weighted by Crippen LogP contribution is -1.97. The van der Waals surface area contributed by atoms with Gasteiger partial charge in [-0.15, -0.1) is 0 Å². The second-order valence-electron chi connectivity index (χ2n) is 5.12. The summed E-state index contributed by atoms with van der Waals surface area (Å²) >= 11 is 0. The highest BCUT2D eigenvalue weighted by atomic mass is 32.2. The zero-order valence-corrected chi connectivity index (χ0v) is 12.6. The monoisotopic (exact) mass is 325 g/mol. The van der Waals surface area contributed by atoms with E-state index in [-0.39, 0.29) is 4.90 Å². The number of nitrogens with zero attached hydrogens (tertiary/aromatic N) is 2. The number of benzene rings is 2. The summed E-state index contributed by atoms with van der Waals surface area (Å²) in [6, 6.07) is 13.6. The summed E-state index contributed by atoms with van der Waals surface area (Å²) in [7, 11) is -4.22. The van der Waals surface area contributed by atoms with Gasteiger partial charge in [0.25, 0.3) is 10.1 Å². The van der Waals surface area contributed by atoms with Crippen LogP contribution in [-0.2, 0) is 10.1 Å². The fourth-order valence-electron chi connectivity index (χ4n) is 2.57. The maximum absolute atomic E-state index is 11.3. The largest absolute Gasteiger partial charge is 0.336 e. The minimum Gasteiger partial charge on any atom is -0.336 e. The molecule has 4 aromatic rings. The van der Waals surface area contributed by atoms with Gasteiger partial charge in [-0.3, -0.25) is 9.54 Å². The number of pyridine rings is 1. The van der Waals surface area contributed by atoms with Crippen LogP contribution >= 0.6 is 0 Å². The molecule has 0 bridgehead atoms. The number of hydrogen-bond acceptors (Lipinski definition) is 4. The van der Waals surface area contributed by atoms with Crippen molar-refractivity contribution in [2.24, 2.45) is 0 Å². The zero-order chi connectivity index (χ0) is 16.0. The van der Waals surface area contributed by atoms with Crippen LogP contribution in [0, 0.1) is 0 Å². The second-order valence-corrected chi connectivity index (χ2v) is 6.54. The van der Waals surface area contributed by atoms with Gasteiger partial charge in [-0.05, 0) is 35.7 Å². The molecule has 0 fully saturated rings. The van der Waals surface area contributed by atoms with Crippen LogP contribution in [0.4, 0.5) is 0 Å². The molecule has 2 heterocycles. The molecule has 0 aliphatic carbocycles. The molecule has 2 N–H and O–H groups in total. The van der Waals surface area contributed by atoms with Crippen LogP contribution in [0.2, 0.25) is 0 Å². The van der Waals surface area contributed by atoms with Gasteiger partial charge in [-0.2, -0.15) is 8.42 Å². The number of aromatic nitrogens is 3. The predicted octanol–water partition coefficient (Wildman–Crippen LogP) is 3.02. The van der Waals surface area contributed by atoms with E-state index >= 15 is 0 Å². The summed E-state index contributed by atoms with van der Waals surface area (Å²) in [5, 5.41) is 1.52. The van der Waals surface area contributed by atoms with Crippen LogP contribution in [0.5, 0.6) is 0 Å². The highest BCUT2D eigenvalue weighted by molar-refractivity contribution is 7.85. The van der Waals surface area contributed by atoms with Crippen LogP contribution in [0.1, 0.15) is 0 Å². The molecule has 0 aliphatic heterocycles. The smallest absolute Gasteiger partial charge is 0.294 e. The summed E-state index contributed by atoms with van der Waals surface area (Å²) in [5.41, 5.74) is 2.29. The lowest BCUT2D eigenvalue weighted by molar-refractivity contribution is 0.483. The molecule has 0 amide bonds. The van der Waals surface area contributed by atoms with Gasteiger partial charge < -0.3 is 4.98 Å². The van der Waals surface area contributed by atoms with Gasteiger partial charge in [-0.1, -0.05) is 18.2 Å². The van der Waals surface area contributed by atoms with Crippen molar-refractivity contribution in [1.82, 2.24) is 15.0 Å². The SMILES string of the molecule is O=S(=O)(O)c1ccc2c(ccc3nc(-c4ccccn4)[nH]c32)c1. The summed E-state index contributed by atoms with van der Waals surface area (Å²) < 4.78 is 31.7. The van der Waals surface area contributed by atoms with Crippen molar-refractivity contribution < 1.29 is 13.0 Å². The molecule has 6 nitrogen and oxygen atoms in total. The molecule has 2 aromatic carbocycles. The topological polar surface area (TPSA) is 95.9 Å². The maximum atomic E-state index is 11.3. The number of hydrogen-bond donors (Lipinski definition) is 2. The van der Waals surface area contributed by atoms with Gasteiger partial charge in [0.2, 0.25) is 0 Å². The van der Waals surface area contributed by atoms with Gasteiger partial charge in [0.1, 0.15) is 5.69 Å². The van der Waals surface area contributed by atoms with E-state index in [9.17, 15) is 8.42 Å². The number of aromatic amines is 1. The molecule has 7 heteroatoms. The molecular formula is C16H11N3O3S. The molecular weight excluding hydrogens is 314 g/mol. The Morgan fingerprint density at radius 1 is 1.04 bits per heavy atom. The van der Waals surface area contributed by atoms with Gasteiger partial charge in [-0.25, -0.2) is 4.98 Å². The Morgan fingerprint density at radius 3 is 2.65 bits per heavy atom. The van der Waals surface area contributed by atoms with Crippen molar-refractivity contribution in [3.63, 3.8) is 0 Å². The second kappa shape index (κ2) is 4.87. The van der Waals surface area contributed by atoms with Crippen LogP contribution in [0.15, 0.2) is 59.6 Å². The molecule has 0 saturated heterocycles. The fraction of sp³-hybridized carbons (Fsp3) is 0. The Kier molecular flexibility index (Phi) is 2.93. The fourth-order valence-corrected chi connectivity index (χ4v) is 3.09. The van der Waals surface area contributed by atoms with E-state index < -0.39 is 10.1 Å². The Bertz CT molecular complexity index is 1140. The Balaban J connectivity index is 1.97. The number of imidazole rings is 1. The van der Waals surface area contributed by atoms with Crippen LogP contribution < -0.4 is 0 Å². The predicted molar refractivity (Wildman–Crippen MR) is 86.6 cm³/mol. The zero-order valence-electron chi connectivity index (χ0n) is 11.8. The van der Waals surface area contributed by atoms with Crippen molar-refractivity contribution >= 4 is 31.9 Å². The number of nitrogens with one attached hydrogen (secondary N) is 1. The Hall–Kier alpha value is -2.77. The van der Waals surface area contributed by atoms with Crippen LogP contribution in [-0.4, -0.2) is 27.9 Å². The van der Waals surface area contributed by atoms with Crippen molar-refractivity contribution in [1.29, 1.82) is 0 Å². The lowest BCUT2D eigenvalue weighted by atomic mass is 10.1. The summed E-state index contributed by atoms with van der Waals surface area (Å²) in [5.74, 6) is 0.645. The van der Waals surface area contributed by atoms with Crippen molar-refractivity contribution in [3.8, 4) is 11.5 Å². The molecule has 2 aromatic heterocycles. The van der Waals surface area contributed by atoms with Crippen molar-refractivity contribution in [2.75, 3.05) is 0 Å². The third-order valence-corrected chi connectivity index (χ3v) is 4.50. The Labute approximate surface area is 131 Å². The van der Waals surface area contributed by atoms with E-state index in [1.54, 1.807) is 24.4 Å². The first-order valence-corrected chi connectivity index (χ1v) is 8.28. The third-order valence-electron chi connectivity index (χ3n) is 3.65. The van der Waals surface area contributed by atoms with E-state index in [0.29, 0.717) is 11.2 Å². The highest BCUT2D eigenvalue weighted by Crippen LogP contribution is 2.28. The van der Waals surface area contributed by atoms with Gasteiger partial charge in [0, 0.05) is 11.6 Å². The maximum Gasteiger partial charge on any atom is 0.294 e. The van der Waals surface area contributed by atoms with Gasteiger partial charge in [0.15, 0.2) is 5.82 Å². The molecule has 0 radical (unpaired) electrons. The van der Waals surface area contributed by atoms with Gasteiger partial charge >= 0.3 is 0 Å². The Morgan fingerprint density at radius 2 is 1.91 bits per heavy atom. The van der Waals surface area contributed by atoms with E-state index in [4.69, 9.17) is 4.55 Å². The van der Waals surface area contributed by atoms with E-state index in [0.717, 1.165) is 22.1 Å². The van der Waals surface area contributed by atoms with Crippen LogP contribution in [0.25, 0.3) is 33.3 Å². The third kappa shape index (κ3) is 2.36. The molecule has 0 unspecified atom stereocenters. The van der Waals surface area contributed by atoms with Crippen molar-refractivity contribution in [2.45, 2.75) is 4.90 Å².